The van der Waals surface area contributed by atoms with Crippen molar-refractivity contribution in [1.29, 1.82) is 0 Å². The maximum atomic E-state index is 11.1. The number of benzene rings is 1. The third-order valence-corrected chi connectivity index (χ3v) is 2.60. The fraction of sp³-hybridized carbons (Fsp3) is 0.312. The largest absolute Gasteiger partial charge is 0.493 e. The van der Waals surface area contributed by atoms with E-state index in [1.54, 1.807) is 26.2 Å². The van der Waals surface area contributed by atoms with E-state index in [0.717, 1.165) is 5.56 Å². The summed E-state index contributed by atoms with van der Waals surface area (Å²) in [6, 6.07) is 5.55. The molecule has 0 bridgehead atoms. The Morgan fingerprint density at radius 2 is 2.10 bits per heavy atom. The van der Waals surface area contributed by atoms with Crippen LogP contribution in [-0.4, -0.2) is 32.2 Å². The van der Waals surface area contributed by atoms with Crippen LogP contribution < -0.4 is 9.47 Å². The fourth-order valence-electron chi connectivity index (χ4n) is 1.55. The summed E-state index contributed by atoms with van der Waals surface area (Å²) in [5, 5.41) is 0. The number of carbonyl (C=O) groups is 1. The summed E-state index contributed by atoms with van der Waals surface area (Å²) in [7, 11) is 1.58. The highest BCUT2D eigenvalue weighted by atomic mass is 35.5. The van der Waals surface area contributed by atoms with Gasteiger partial charge in [0, 0.05) is 6.08 Å². The van der Waals surface area contributed by atoms with Gasteiger partial charge in [0.2, 0.25) is 0 Å². The monoisotopic (exact) mass is 310 g/mol. The summed E-state index contributed by atoms with van der Waals surface area (Å²) in [6.07, 6.45) is 6.60. The van der Waals surface area contributed by atoms with E-state index in [9.17, 15) is 4.79 Å². The maximum Gasteiger partial charge on any atom is 0.330 e. The summed E-state index contributed by atoms with van der Waals surface area (Å²) < 4.78 is 15.5. The predicted octanol–water partition coefficient (Wildman–Crippen LogP) is 3.45. The molecule has 0 saturated carbocycles. The van der Waals surface area contributed by atoms with Crippen LogP contribution in [0.15, 0.2) is 36.4 Å². The lowest BCUT2D eigenvalue weighted by Gasteiger charge is -2.10. The number of esters is 1. The Labute approximate surface area is 130 Å². The standard InChI is InChI=1S/C16H19ClO4/c1-3-20-16(18)7-5-4-6-13-8-9-14(21-11-10-17)15(12-13)19-2/h4-9,12H,3,10-11H2,1-2H3. The van der Waals surface area contributed by atoms with Crippen LogP contribution in [0.5, 0.6) is 11.5 Å². The molecule has 21 heavy (non-hydrogen) atoms. The highest BCUT2D eigenvalue weighted by Gasteiger charge is 2.04. The zero-order valence-corrected chi connectivity index (χ0v) is 12.9. The minimum absolute atomic E-state index is 0.357. The van der Waals surface area contributed by atoms with Crippen molar-refractivity contribution < 1.29 is 19.0 Å². The summed E-state index contributed by atoms with van der Waals surface area (Å²) >= 11 is 5.59. The van der Waals surface area contributed by atoms with E-state index in [0.29, 0.717) is 30.6 Å². The van der Waals surface area contributed by atoms with Crippen molar-refractivity contribution in [1.82, 2.24) is 0 Å². The predicted molar refractivity (Wildman–Crippen MR) is 84.0 cm³/mol. The minimum Gasteiger partial charge on any atom is -0.493 e. The third kappa shape index (κ3) is 6.36. The average molecular weight is 311 g/mol. The molecule has 0 spiro atoms. The van der Waals surface area contributed by atoms with Crippen molar-refractivity contribution in [3.8, 4) is 11.5 Å². The summed E-state index contributed by atoms with van der Waals surface area (Å²) in [4.78, 5) is 11.1. The molecular formula is C16H19ClO4. The Kier molecular flexibility index (Phi) is 8.05. The molecule has 4 nitrogen and oxygen atoms in total. The van der Waals surface area contributed by atoms with Gasteiger partial charge in [-0.25, -0.2) is 4.79 Å². The molecular weight excluding hydrogens is 292 g/mol. The van der Waals surface area contributed by atoms with Gasteiger partial charge in [-0.15, -0.1) is 11.6 Å². The second kappa shape index (κ2) is 9.88. The van der Waals surface area contributed by atoms with Crippen molar-refractivity contribution in [3.05, 3.63) is 42.0 Å². The van der Waals surface area contributed by atoms with Gasteiger partial charge in [-0.05, 0) is 24.6 Å². The van der Waals surface area contributed by atoms with Gasteiger partial charge in [0.15, 0.2) is 11.5 Å². The maximum absolute atomic E-state index is 11.1. The first kappa shape index (κ1) is 17.1. The summed E-state index contributed by atoms with van der Waals surface area (Å²) in [5.41, 5.74) is 0.929. The van der Waals surface area contributed by atoms with Crippen molar-refractivity contribution in [2.24, 2.45) is 0 Å². The summed E-state index contributed by atoms with van der Waals surface area (Å²) in [5.74, 6) is 1.35. The number of hydrogen-bond acceptors (Lipinski definition) is 4. The quantitative estimate of drug-likeness (QED) is 0.319. The molecule has 1 aromatic carbocycles. The Hall–Kier alpha value is -1.94. The Morgan fingerprint density at radius 1 is 1.29 bits per heavy atom. The first-order valence-electron chi connectivity index (χ1n) is 6.59. The molecule has 1 rings (SSSR count). The first-order valence-corrected chi connectivity index (χ1v) is 7.13. The fourth-order valence-corrected chi connectivity index (χ4v) is 1.62. The number of halogens is 1. The van der Waals surface area contributed by atoms with Gasteiger partial charge >= 0.3 is 5.97 Å². The number of hydrogen-bond donors (Lipinski definition) is 0. The lowest BCUT2D eigenvalue weighted by molar-refractivity contribution is -0.137. The zero-order valence-electron chi connectivity index (χ0n) is 12.2. The van der Waals surface area contributed by atoms with E-state index >= 15 is 0 Å². The van der Waals surface area contributed by atoms with E-state index in [1.165, 1.54) is 6.08 Å². The lowest BCUT2D eigenvalue weighted by Crippen LogP contribution is -2.00. The van der Waals surface area contributed by atoms with E-state index in [4.69, 9.17) is 25.8 Å². The average Bonchev–Trinajstić information content (AvgIpc) is 2.50. The van der Waals surface area contributed by atoms with Crippen molar-refractivity contribution in [2.45, 2.75) is 6.92 Å². The zero-order chi connectivity index (χ0) is 15.5. The van der Waals surface area contributed by atoms with Crippen LogP contribution in [0.1, 0.15) is 12.5 Å². The van der Waals surface area contributed by atoms with Crippen molar-refractivity contribution >= 4 is 23.6 Å². The van der Waals surface area contributed by atoms with E-state index in [2.05, 4.69) is 0 Å². The first-order chi connectivity index (χ1) is 10.2. The van der Waals surface area contributed by atoms with Gasteiger partial charge in [0.1, 0.15) is 6.61 Å². The second-order valence-corrected chi connectivity index (χ2v) is 4.30. The Balaban J connectivity index is 2.69. The van der Waals surface area contributed by atoms with Crippen LogP contribution in [0.3, 0.4) is 0 Å². The third-order valence-electron chi connectivity index (χ3n) is 2.44. The molecule has 0 amide bonds. The smallest absolute Gasteiger partial charge is 0.330 e. The van der Waals surface area contributed by atoms with Crippen LogP contribution in [0.4, 0.5) is 0 Å². The van der Waals surface area contributed by atoms with Crippen LogP contribution in [0.2, 0.25) is 0 Å². The van der Waals surface area contributed by atoms with Crippen LogP contribution in [0, 0.1) is 0 Å². The van der Waals surface area contributed by atoms with Crippen molar-refractivity contribution in [2.75, 3.05) is 26.2 Å². The molecule has 0 aliphatic carbocycles. The molecule has 0 heterocycles. The molecule has 0 aromatic heterocycles. The highest BCUT2D eigenvalue weighted by molar-refractivity contribution is 6.18. The molecule has 0 N–H and O–H groups in total. The molecule has 114 valence electrons. The number of allylic oxidation sites excluding steroid dienone is 2. The van der Waals surface area contributed by atoms with E-state index in [-0.39, 0.29) is 5.97 Å². The molecule has 1 aromatic rings. The molecule has 0 saturated heterocycles. The second-order valence-electron chi connectivity index (χ2n) is 3.92. The van der Waals surface area contributed by atoms with Gasteiger partial charge in [-0.1, -0.05) is 24.3 Å². The Morgan fingerprint density at radius 3 is 2.76 bits per heavy atom. The van der Waals surface area contributed by atoms with E-state index < -0.39 is 0 Å². The van der Waals surface area contributed by atoms with Gasteiger partial charge in [0.05, 0.1) is 19.6 Å². The molecule has 0 atom stereocenters. The number of methoxy groups -OCH3 is 1. The molecule has 0 unspecified atom stereocenters. The van der Waals surface area contributed by atoms with E-state index in [1.807, 2.05) is 24.3 Å². The minimum atomic E-state index is -0.357. The normalized spacial score (nSPS) is 11.0. The number of carbonyl (C=O) groups excluding carboxylic acids is 1. The molecule has 0 aliphatic rings. The highest BCUT2D eigenvalue weighted by Crippen LogP contribution is 2.28. The van der Waals surface area contributed by atoms with Gasteiger partial charge in [-0.2, -0.15) is 0 Å². The topological polar surface area (TPSA) is 44.8 Å². The molecule has 5 heteroatoms. The van der Waals surface area contributed by atoms with Gasteiger partial charge in [0.25, 0.3) is 0 Å². The van der Waals surface area contributed by atoms with Crippen LogP contribution >= 0.6 is 11.6 Å². The van der Waals surface area contributed by atoms with Crippen LogP contribution in [0.25, 0.3) is 6.08 Å². The molecule has 0 fully saturated rings. The van der Waals surface area contributed by atoms with Crippen LogP contribution in [-0.2, 0) is 9.53 Å². The molecule has 0 radical (unpaired) electrons. The SMILES string of the molecule is CCOC(=O)C=CC=Cc1ccc(OCCCl)c(OC)c1. The summed E-state index contributed by atoms with van der Waals surface area (Å²) in [6.45, 7) is 2.56. The molecule has 0 aliphatic heterocycles. The van der Waals surface area contributed by atoms with Gasteiger partial charge < -0.3 is 14.2 Å². The Bertz CT molecular complexity index is 509. The number of alkyl halides is 1. The van der Waals surface area contributed by atoms with Crippen molar-refractivity contribution in [3.63, 3.8) is 0 Å². The number of ether oxygens (including phenoxy) is 3. The number of rotatable bonds is 8. The lowest BCUT2D eigenvalue weighted by atomic mass is 10.2. The van der Waals surface area contributed by atoms with Gasteiger partial charge in [-0.3, -0.25) is 0 Å².